The Morgan fingerprint density at radius 1 is 1.11 bits per heavy atom. The van der Waals surface area contributed by atoms with Crippen LogP contribution in [0.2, 0.25) is 0 Å². The van der Waals surface area contributed by atoms with Crippen molar-refractivity contribution < 1.29 is 28.9 Å². The summed E-state index contributed by atoms with van der Waals surface area (Å²) in [4.78, 5) is 23.6. The summed E-state index contributed by atoms with van der Waals surface area (Å²) in [6.45, 7) is 0. The molecule has 3 aromatic rings. The number of phenolic OH excluding ortho intramolecular Hbond substituents is 1. The second-order valence-corrected chi connectivity index (χ2v) is 6.60. The third kappa shape index (κ3) is 3.57. The molecule has 28 heavy (non-hydrogen) atoms. The number of carbonyl (C=O) groups is 1. The number of hydrogen-bond donors (Lipinski definition) is 2. The molecule has 7 nitrogen and oxygen atoms in total. The lowest BCUT2D eigenvalue weighted by molar-refractivity contribution is -0.181. The minimum absolute atomic E-state index is 0.0556. The predicted octanol–water partition coefficient (Wildman–Crippen LogP) is 3.52. The fourth-order valence-corrected chi connectivity index (χ4v) is 3.27. The summed E-state index contributed by atoms with van der Waals surface area (Å²) in [5.41, 5.74) is 0.531. The quantitative estimate of drug-likeness (QED) is 0.711. The molecule has 7 heteroatoms. The fraction of sp³-hybridized carbons (Fsp3) is 0.238. The van der Waals surface area contributed by atoms with Crippen molar-refractivity contribution in [3.63, 3.8) is 0 Å². The molecule has 0 aliphatic carbocycles. The third-order valence-corrected chi connectivity index (χ3v) is 4.61. The average molecular weight is 382 g/mol. The Balaban J connectivity index is 1.69. The van der Waals surface area contributed by atoms with E-state index in [4.69, 9.17) is 19.0 Å². The van der Waals surface area contributed by atoms with Gasteiger partial charge in [-0.25, -0.2) is 4.79 Å². The Labute approximate surface area is 159 Å². The predicted molar refractivity (Wildman–Crippen MR) is 100 cm³/mol. The van der Waals surface area contributed by atoms with Gasteiger partial charge in [-0.05, 0) is 12.8 Å². The molecule has 0 amide bonds. The molecule has 1 aliphatic heterocycles. The molecule has 144 valence electrons. The van der Waals surface area contributed by atoms with Crippen LogP contribution in [0.25, 0.3) is 22.3 Å². The van der Waals surface area contributed by atoms with Crippen molar-refractivity contribution in [2.75, 3.05) is 0 Å². The standard InChI is InChI=1S/C21H18O7/c22-14-9-13(26-19-8-4-7-16(28-19)21(24)25)10-18-20(14)15(23)11-17(27-18)12-5-2-1-3-6-12/h1-3,5-6,9-11,16,19,22H,4,7-8H2,(H,24,25). The number of carboxylic acid groups (broad SMARTS) is 1. The Hall–Kier alpha value is -3.32. The minimum Gasteiger partial charge on any atom is -0.507 e. The topological polar surface area (TPSA) is 106 Å². The largest absolute Gasteiger partial charge is 0.507 e. The highest BCUT2D eigenvalue weighted by Crippen LogP contribution is 2.32. The van der Waals surface area contributed by atoms with Crippen LogP contribution in [0.5, 0.6) is 11.5 Å². The lowest BCUT2D eigenvalue weighted by Crippen LogP contribution is -2.36. The van der Waals surface area contributed by atoms with Crippen LogP contribution in [0.1, 0.15) is 19.3 Å². The van der Waals surface area contributed by atoms with E-state index in [1.54, 1.807) is 0 Å². The van der Waals surface area contributed by atoms with E-state index in [1.165, 1.54) is 18.2 Å². The summed E-state index contributed by atoms with van der Waals surface area (Å²) in [5, 5.41) is 19.5. The van der Waals surface area contributed by atoms with Gasteiger partial charge in [0, 0.05) is 30.2 Å². The summed E-state index contributed by atoms with van der Waals surface area (Å²) in [6, 6.07) is 13.3. The Morgan fingerprint density at radius 2 is 1.89 bits per heavy atom. The maximum Gasteiger partial charge on any atom is 0.332 e. The van der Waals surface area contributed by atoms with Crippen molar-refractivity contribution in [1.29, 1.82) is 0 Å². The average Bonchev–Trinajstić information content (AvgIpc) is 2.68. The number of aromatic hydroxyl groups is 1. The van der Waals surface area contributed by atoms with Gasteiger partial charge in [-0.3, -0.25) is 4.79 Å². The molecule has 0 spiro atoms. The number of ether oxygens (including phenoxy) is 2. The maximum absolute atomic E-state index is 12.5. The molecule has 1 saturated heterocycles. The number of benzene rings is 2. The van der Waals surface area contributed by atoms with Crippen molar-refractivity contribution in [2.24, 2.45) is 0 Å². The molecule has 2 unspecified atom stereocenters. The SMILES string of the molecule is O=C(O)C1CCCC(Oc2cc(O)c3c(=O)cc(-c4ccccc4)oc3c2)O1. The van der Waals surface area contributed by atoms with Gasteiger partial charge in [0.15, 0.2) is 11.5 Å². The monoisotopic (exact) mass is 382 g/mol. The van der Waals surface area contributed by atoms with Crippen LogP contribution in [-0.2, 0) is 9.53 Å². The zero-order valence-corrected chi connectivity index (χ0v) is 14.8. The third-order valence-electron chi connectivity index (χ3n) is 4.61. The number of carboxylic acids is 1. The number of fused-ring (bicyclic) bond motifs is 1. The molecular weight excluding hydrogens is 364 g/mol. The van der Waals surface area contributed by atoms with Gasteiger partial charge in [0.25, 0.3) is 0 Å². The van der Waals surface area contributed by atoms with Crippen LogP contribution in [0.3, 0.4) is 0 Å². The van der Waals surface area contributed by atoms with E-state index in [2.05, 4.69) is 0 Å². The second-order valence-electron chi connectivity index (χ2n) is 6.60. The fourth-order valence-electron chi connectivity index (χ4n) is 3.27. The van der Waals surface area contributed by atoms with Gasteiger partial charge in [0.1, 0.15) is 28.2 Å². The highest BCUT2D eigenvalue weighted by molar-refractivity contribution is 5.86. The number of hydrogen-bond acceptors (Lipinski definition) is 6. The molecule has 0 saturated carbocycles. The van der Waals surface area contributed by atoms with Crippen LogP contribution in [0.15, 0.2) is 57.7 Å². The first kappa shape index (κ1) is 18.1. The van der Waals surface area contributed by atoms with Crippen molar-refractivity contribution in [3.05, 3.63) is 58.8 Å². The van der Waals surface area contributed by atoms with Gasteiger partial charge >= 0.3 is 5.97 Å². The first-order valence-corrected chi connectivity index (χ1v) is 8.92. The van der Waals surface area contributed by atoms with Crippen molar-refractivity contribution in [3.8, 4) is 22.8 Å². The molecule has 4 rings (SSSR count). The normalized spacial score (nSPS) is 19.4. The molecule has 2 N–H and O–H groups in total. The van der Waals surface area contributed by atoms with Crippen LogP contribution in [0.4, 0.5) is 0 Å². The number of rotatable bonds is 4. The zero-order chi connectivity index (χ0) is 19.7. The van der Waals surface area contributed by atoms with Gasteiger partial charge in [-0.1, -0.05) is 30.3 Å². The maximum atomic E-state index is 12.5. The molecule has 1 fully saturated rings. The summed E-state index contributed by atoms with van der Waals surface area (Å²) < 4.78 is 17.0. The highest BCUT2D eigenvalue weighted by Gasteiger charge is 2.29. The minimum atomic E-state index is -1.03. The van der Waals surface area contributed by atoms with E-state index in [0.29, 0.717) is 25.0 Å². The lowest BCUT2D eigenvalue weighted by atomic mass is 10.1. The summed E-state index contributed by atoms with van der Waals surface area (Å²) >= 11 is 0. The first-order chi connectivity index (χ1) is 13.5. The van der Waals surface area contributed by atoms with Gasteiger partial charge in [-0.15, -0.1) is 0 Å². The molecule has 0 bridgehead atoms. The van der Waals surface area contributed by atoms with Gasteiger partial charge in [-0.2, -0.15) is 0 Å². The second kappa shape index (κ2) is 7.36. The highest BCUT2D eigenvalue weighted by atomic mass is 16.7. The first-order valence-electron chi connectivity index (χ1n) is 8.92. The Morgan fingerprint density at radius 3 is 2.64 bits per heavy atom. The van der Waals surface area contributed by atoms with Gasteiger partial charge in [0.2, 0.25) is 6.29 Å². The van der Waals surface area contributed by atoms with Gasteiger partial charge < -0.3 is 24.1 Å². The number of phenols is 1. The molecular formula is C21H18O7. The van der Waals surface area contributed by atoms with Crippen LogP contribution in [-0.4, -0.2) is 28.6 Å². The number of aliphatic carboxylic acids is 1. The van der Waals surface area contributed by atoms with Crippen molar-refractivity contribution >= 4 is 16.9 Å². The van der Waals surface area contributed by atoms with Crippen molar-refractivity contribution in [2.45, 2.75) is 31.7 Å². The Bertz CT molecular complexity index is 1070. The van der Waals surface area contributed by atoms with E-state index in [-0.39, 0.29) is 27.9 Å². The Kier molecular flexibility index (Phi) is 4.75. The van der Waals surface area contributed by atoms with Gasteiger partial charge in [0.05, 0.1) is 0 Å². The molecule has 1 aliphatic rings. The summed E-state index contributed by atoms with van der Waals surface area (Å²) in [6.07, 6.45) is -0.0791. The van der Waals surface area contributed by atoms with E-state index in [1.807, 2.05) is 30.3 Å². The van der Waals surface area contributed by atoms with E-state index in [9.17, 15) is 14.7 Å². The molecule has 1 aromatic heterocycles. The molecule has 2 heterocycles. The van der Waals surface area contributed by atoms with E-state index in [0.717, 1.165) is 5.56 Å². The molecule has 2 atom stereocenters. The zero-order valence-electron chi connectivity index (χ0n) is 14.8. The van der Waals surface area contributed by atoms with Crippen LogP contribution >= 0.6 is 0 Å². The summed E-state index contributed by atoms with van der Waals surface area (Å²) in [5.74, 6) is -0.705. The molecule has 2 aromatic carbocycles. The smallest absolute Gasteiger partial charge is 0.332 e. The van der Waals surface area contributed by atoms with Crippen molar-refractivity contribution in [1.82, 2.24) is 0 Å². The summed E-state index contributed by atoms with van der Waals surface area (Å²) in [7, 11) is 0. The van der Waals surface area contributed by atoms with E-state index >= 15 is 0 Å². The van der Waals surface area contributed by atoms with Crippen LogP contribution in [0, 0.1) is 0 Å². The van der Waals surface area contributed by atoms with Crippen LogP contribution < -0.4 is 10.2 Å². The van der Waals surface area contributed by atoms with E-state index < -0.39 is 18.4 Å². The molecule has 0 radical (unpaired) electrons. The lowest BCUT2D eigenvalue weighted by Gasteiger charge is -2.27.